The Bertz CT molecular complexity index is 408. The highest BCUT2D eigenvalue weighted by atomic mass is 35.5. The number of carbonyl (C=O) groups is 1. The first-order valence-corrected chi connectivity index (χ1v) is 6.28. The minimum Gasteiger partial charge on any atom is -0.481 e. The number of rotatable bonds is 2. The van der Waals surface area contributed by atoms with E-state index in [2.05, 4.69) is 4.90 Å². The monoisotopic (exact) mass is 253 g/mol. The van der Waals surface area contributed by atoms with E-state index < -0.39 is 5.97 Å². The van der Waals surface area contributed by atoms with Gasteiger partial charge in [0.1, 0.15) is 0 Å². The summed E-state index contributed by atoms with van der Waals surface area (Å²) in [7, 11) is 0. The maximum atomic E-state index is 11.0. The van der Waals surface area contributed by atoms with Gasteiger partial charge in [0.15, 0.2) is 0 Å². The lowest BCUT2D eigenvalue weighted by Gasteiger charge is -2.23. The second kappa shape index (κ2) is 5.41. The fourth-order valence-corrected chi connectivity index (χ4v) is 2.55. The first-order chi connectivity index (χ1) is 8.18. The molecule has 2 rings (SSSR count). The zero-order valence-corrected chi connectivity index (χ0v) is 10.4. The first kappa shape index (κ1) is 12.2. The van der Waals surface area contributed by atoms with E-state index in [1.807, 2.05) is 24.3 Å². The molecule has 0 spiro atoms. The van der Waals surface area contributed by atoms with Crippen molar-refractivity contribution in [2.24, 2.45) is 5.92 Å². The van der Waals surface area contributed by atoms with Gasteiger partial charge in [0.25, 0.3) is 0 Å². The Morgan fingerprint density at radius 3 is 2.76 bits per heavy atom. The summed E-state index contributed by atoms with van der Waals surface area (Å²) < 4.78 is 0. The number of hydrogen-bond donors (Lipinski definition) is 1. The van der Waals surface area contributed by atoms with E-state index in [-0.39, 0.29) is 5.92 Å². The molecule has 0 aliphatic carbocycles. The molecule has 0 radical (unpaired) electrons. The summed E-state index contributed by atoms with van der Waals surface area (Å²) in [4.78, 5) is 13.2. The molecule has 3 nitrogen and oxygen atoms in total. The Labute approximate surface area is 106 Å². The average Bonchev–Trinajstić information content (AvgIpc) is 2.55. The molecule has 17 heavy (non-hydrogen) atoms. The summed E-state index contributed by atoms with van der Waals surface area (Å²) in [6.07, 6.45) is 2.36. The van der Waals surface area contributed by atoms with Crippen LogP contribution < -0.4 is 4.90 Å². The number of aliphatic carboxylic acids is 1. The third kappa shape index (κ3) is 2.91. The molecular formula is C13H16ClNO2. The lowest BCUT2D eigenvalue weighted by Crippen LogP contribution is -2.25. The highest BCUT2D eigenvalue weighted by Crippen LogP contribution is 2.28. The van der Waals surface area contributed by atoms with Gasteiger partial charge in [-0.25, -0.2) is 0 Å². The highest BCUT2D eigenvalue weighted by Gasteiger charge is 2.22. The van der Waals surface area contributed by atoms with Gasteiger partial charge < -0.3 is 10.0 Å². The molecule has 0 amide bonds. The standard InChI is InChI=1S/C13H16ClNO2/c14-11-5-1-2-6-12(11)15-8-3-4-10(7-9-15)13(16)17/h1-2,5-6,10H,3-4,7-9H2,(H,16,17). The molecule has 1 unspecified atom stereocenters. The van der Waals surface area contributed by atoms with Crippen LogP contribution in [0.4, 0.5) is 5.69 Å². The highest BCUT2D eigenvalue weighted by molar-refractivity contribution is 6.33. The van der Waals surface area contributed by atoms with Crippen LogP contribution in [-0.4, -0.2) is 24.2 Å². The zero-order valence-electron chi connectivity index (χ0n) is 9.60. The number of para-hydroxylation sites is 1. The number of nitrogens with zero attached hydrogens (tertiary/aromatic N) is 1. The molecule has 0 aromatic heterocycles. The van der Waals surface area contributed by atoms with Gasteiger partial charge in [-0.3, -0.25) is 4.79 Å². The lowest BCUT2D eigenvalue weighted by molar-refractivity contribution is -0.142. The van der Waals surface area contributed by atoms with Gasteiger partial charge in [-0.05, 0) is 31.4 Å². The molecule has 1 fully saturated rings. The second-order valence-electron chi connectivity index (χ2n) is 4.40. The molecule has 4 heteroatoms. The van der Waals surface area contributed by atoms with Gasteiger partial charge in [-0.15, -0.1) is 0 Å². The molecule has 1 aliphatic rings. The van der Waals surface area contributed by atoms with Gasteiger partial charge in [0.05, 0.1) is 16.6 Å². The van der Waals surface area contributed by atoms with Gasteiger partial charge in [0, 0.05) is 13.1 Å². The summed E-state index contributed by atoms with van der Waals surface area (Å²) in [5, 5.41) is 9.77. The van der Waals surface area contributed by atoms with Crippen LogP contribution in [0.5, 0.6) is 0 Å². The van der Waals surface area contributed by atoms with Crippen LogP contribution in [-0.2, 0) is 4.79 Å². The maximum Gasteiger partial charge on any atom is 0.306 e. The summed E-state index contributed by atoms with van der Waals surface area (Å²) in [6.45, 7) is 1.65. The zero-order chi connectivity index (χ0) is 12.3. The largest absolute Gasteiger partial charge is 0.481 e. The number of hydrogen-bond acceptors (Lipinski definition) is 2. The topological polar surface area (TPSA) is 40.5 Å². The summed E-state index contributed by atoms with van der Waals surface area (Å²) in [5.74, 6) is -0.881. The normalized spacial score (nSPS) is 21.0. The molecule has 1 N–H and O–H groups in total. The molecule has 1 aliphatic heterocycles. The molecule has 0 saturated carbocycles. The molecule has 1 aromatic rings. The first-order valence-electron chi connectivity index (χ1n) is 5.91. The van der Waals surface area contributed by atoms with Crippen molar-refractivity contribution in [3.63, 3.8) is 0 Å². The minimum atomic E-state index is -0.675. The molecule has 1 heterocycles. The molecule has 1 atom stereocenters. The second-order valence-corrected chi connectivity index (χ2v) is 4.81. The predicted octanol–water partition coefficient (Wildman–Crippen LogP) is 3.03. The number of carboxylic acid groups (broad SMARTS) is 1. The number of halogens is 1. The Morgan fingerprint density at radius 1 is 1.29 bits per heavy atom. The van der Waals surface area contributed by atoms with E-state index in [1.165, 1.54) is 0 Å². The quantitative estimate of drug-likeness (QED) is 0.881. The van der Waals surface area contributed by atoms with E-state index in [1.54, 1.807) is 0 Å². The fourth-order valence-electron chi connectivity index (χ4n) is 2.29. The SMILES string of the molecule is O=C(O)C1CCCN(c2ccccc2Cl)CC1. The van der Waals surface area contributed by atoms with E-state index in [0.29, 0.717) is 6.42 Å². The molecule has 92 valence electrons. The lowest BCUT2D eigenvalue weighted by atomic mass is 10.0. The van der Waals surface area contributed by atoms with Crippen molar-refractivity contribution >= 4 is 23.3 Å². The molecule has 1 aromatic carbocycles. The van der Waals surface area contributed by atoms with Gasteiger partial charge in [-0.2, -0.15) is 0 Å². The molecule has 0 bridgehead atoms. The van der Waals surface area contributed by atoms with Gasteiger partial charge in [-0.1, -0.05) is 23.7 Å². The fraction of sp³-hybridized carbons (Fsp3) is 0.462. The van der Waals surface area contributed by atoms with Crippen molar-refractivity contribution in [2.75, 3.05) is 18.0 Å². The molecular weight excluding hydrogens is 238 g/mol. The van der Waals surface area contributed by atoms with Crippen LogP contribution in [0, 0.1) is 5.92 Å². The predicted molar refractivity (Wildman–Crippen MR) is 68.6 cm³/mol. The van der Waals surface area contributed by atoms with Gasteiger partial charge >= 0.3 is 5.97 Å². The number of carboxylic acids is 1. The van der Waals surface area contributed by atoms with Crippen molar-refractivity contribution < 1.29 is 9.90 Å². The third-order valence-corrected chi connectivity index (χ3v) is 3.59. The number of anilines is 1. The molecule has 1 saturated heterocycles. The van der Waals surface area contributed by atoms with Crippen LogP contribution in [0.2, 0.25) is 5.02 Å². The Kier molecular flexibility index (Phi) is 3.89. The van der Waals surface area contributed by atoms with Crippen molar-refractivity contribution in [2.45, 2.75) is 19.3 Å². The van der Waals surface area contributed by atoms with Crippen molar-refractivity contribution in [3.05, 3.63) is 29.3 Å². The average molecular weight is 254 g/mol. The Hall–Kier alpha value is -1.22. The Morgan fingerprint density at radius 2 is 2.06 bits per heavy atom. The summed E-state index contributed by atoms with van der Waals surface area (Å²) in [5.41, 5.74) is 1.01. The third-order valence-electron chi connectivity index (χ3n) is 3.27. The number of benzene rings is 1. The van der Waals surface area contributed by atoms with Crippen LogP contribution in [0.15, 0.2) is 24.3 Å². The van der Waals surface area contributed by atoms with Gasteiger partial charge in [0.2, 0.25) is 0 Å². The van der Waals surface area contributed by atoms with Crippen LogP contribution in [0.25, 0.3) is 0 Å². The van der Waals surface area contributed by atoms with Crippen LogP contribution >= 0.6 is 11.6 Å². The maximum absolute atomic E-state index is 11.0. The van der Waals surface area contributed by atoms with Crippen molar-refractivity contribution in [3.8, 4) is 0 Å². The minimum absolute atomic E-state index is 0.206. The smallest absolute Gasteiger partial charge is 0.306 e. The van der Waals surface area contributed by atoms with E-state index in [9.17, 15) is 4.79 Å². The van der Waals surface area contributed by atoms with E-state index in [0.717, 1.165) is 36.6 Å². The van der Waals surface area contributed by atoms with E-state index in [4.69, 9.17) is 16.7 Å². The van der Waals surface area contributed by atoms with E-state index >= 15 is 0 Å². The van der Waals surface area contributed by atoms with Crippen molar-refractivity contribution in [1.29, 1.82) is 0 Å². The van der Waals surface area contributed by atoms with Crippen LogP contribution in [0.1, 0.15) is 19.3 Å². The van der Waals surface area contributed by atoms with Crippen LogP contribution in [0.3, 0.4) is 0 Å². The Balaban J connectivity index is 2.09. The summed E-state index contributed by atoms with van der Waals surface area (Å²) >= 11 is 6.15. The van der Waals surface area contributed by atoms with Crippen molar-refractivity contribution in [1.82, 2.24) is 0 Å². The summed E-state index contributed by atoms with van der Waals surface area (Å²) in [6, 6.07) is 7.73.